The number of aromatic nitrogens is 4. The number of pyridine rings is 1. The van der Waals surface area contributed by atoms with E-state index in [-0.39, 0.29) is 11.3 Å². The molecule has 2 fully saturated rings. The molecule has 1 saturated carbocycles. The van der Waals surface area contributed by atoms with Gasteiger partial charge in [0.25, 0.3) is 5.91 Å². The van der Waals surface area contributed by atoms with Crippen LogP contribution in [0.15, 0.2) is 97.3 Å². The predicted octanol–water partition coefficient (Wildman–Crippen LogP) is 7.43. The molecule has 2 aliphatic rings. The predicted molar refractivity (Wildman–Crippen MR) is 225 cm³/mol. The average molecular weight is 821 g/mol. The van der Waals surface area contributed by atoms with Crippen LogP contribution in [0.3, 0.4) is 0 Å². The minimum absolute atomic E-state index is 0.195. The molecule has 3 aromatic carbocycles. The van der Waals surface area contributed by atoms with Gasteiger partial charge in [-0.2, -0.15) is 0 Å². The maximum atomic E-state index is 14.3. The average Bonchev–Trinajstić information content (AvgIpc) is 3.64. The van der Waals surface area contributed by atoms with Gasteiger partial charge in [-0.25, -0.2) is 32.2 Å². The number of ether oxygens (including phenoxy) is 1. The van der Waals surface area contributed by atoms with E-state index in [1.165, 1.54) is 17.9 Å². The van der Waals surface area contributed by atoms with E-state index in [2.05, 4.69) is 37.6 Å². The van der Waals surface area contributed by atoms with E-state index < -0.39 is 33.1 Å². The van der Waals surface area contributed by atoms with E-state index in [1.54, 1.807) is 37.6 Å². The van der Waals surface area contributed by atoms with Gasteiger partial charge in [0.15, 0.2) is 0 Å². The van der Waals surface area contributed by atoms with E-state index in [9.17, 15) is 22.0 Å². The number of carbonyl (C=O) groups excluding carboxylic acids is 1. The molecule has 1 amide bonds. The summed E-state index contributed by atoms with van der Waals surface area (Å²) >= 11 is 0. The number of hydrogen-bond donors (Lipinski definition) is 2. The molecule has 15 heteroatoms. The third kappa shape index (κ3) is 9.12. The Kier molecular flexibility index (Phi) is 11.7. The lowest BCUT2D eigenvalue weighted by molar-refractivity contribution is 0.0790. The van der Waals surface area contributed by atoms with E-state index in [0.29, 0.717) is 58.5 Å². The molecule has 1 saturated heterocycles. The van der Waals surface area contributed by atoms with Crippen LogP contribution < -0.4 is 15.4 Å². The van der Waals surface area contributed by atoms with Crippen molar-refractivity contribution in [3.63, 3.8) is 0 Å². The lowest BCUT2D eigenvalue weighted by Gasteiger charge is -2.42. The van der Waals surface area contributed by atoms with E-state index in [1.807, 2.05) is 40.9 Å². The summed E-state index contributed by atoms with van der Waals surface area (Å²) in [5, 5.41) is 5.72. The molecular formula is C44H46F2N8O4S. The molecule has 1 aliphatic heterocycles. The van der Waals surface area contributed by atoms with Gasteiger partial charge >= 0.3 is 0 Å². The number of sulfone groups is 1. The van der Waals surface area contributed by atoms with Crippen molar-refractivity contribution in [2.75, 3.05) is 62.5 Å². The Bertz CT molecular complexity index is 2570. The summed E-state index contributed by atoms with van der Waals surface area (Å²) in [4.78, 5) is 32.4. The fourth-order valence-electron chi connectivity index (χ4n) is 8.21. The number of imidazole rings is 1. The van der Waals surface area contributed by atoms with E-state index in [4.69, 9.17) is 14.7 Å². The second kappa shape index (κ2) is 17.2. The summed E-state index contributed by atoms with van der Waals surface area (Å²) in [5.41, 5.74) is 4.68. The van der Waals surface area contributed by atoms with Crippen LogP contribution in [0.4, 0.5) is 26.1 Å². The van der Waals surface area contributed by atoms with Crippen molar-refractivity contribution in [2.24, 2.45) is 0 Å². The van der Waals surface area contributed by atoms with E-state index in [0.717, 1.165) is 69.7 Å². The number of benzene rings is 3. The SMILES string of the molecule is COc1cc([C@H]2CC[C@H](N3CCN(CCS(C)(=O)=O)CC3)CC2)ccc1Nc1nccc(-c2c(-c3cccc(C(=O)Nc4c(F)cccc4F)c3)nc3ccccn23)n1. The number of fused-ring (bicyclic) bond motifs is 1. The molecule has 12 nitrogen and oxygen atoms in total. The number of amides is 1. The number of methoxy groups -OCH3 is 1. The molecule has 0 atom stereocenters. The fraction of sp³-hybridized carbons (Fsp3) is 0.318. The minimum atomic E-state index is -2.95. The molecule has 0 spiro atoms. The second-order valence-electron chi connectivity index (χ2n) is 15.2. The smallest absolute Gasteiger partial charge is 0.255 e. The molecule has 6 aromatic rings. The third-order valence-electron chi connectivity index (χ3n) is 11.4. The topological polar surface area (TPSA) is 134 Å². The highest BCUT2D eigenvalue weighted by Gasteiger charge is 2.30. The number of piperazine rings is 1. The normalized spacial score (nSPS) is 17.8. The van der Waals surface area contributed by atoms with Gasteiger partial charge in [-0.3, -0.25) is 19.0 Å². The summed E-state index contributed by atoms with van der Waals surface area (Å²) in [6.07, 6.45) is 9.25. The van der Waals surface area contributed by atoms with Crippen LogP contribution >= 0.6 is 0 Å². The van der Waals surface area contributed by atoms with Crippen molar-refractivity contribution < 1.29 is 26.7 Å². The lowest BCUT2D eigenvalue weighted by Crippen LogP contribution is -2.51. The quantitative estimate of drug-likeness (QED) is 0.128. The highest BCUT2D eigenvalue weighted by molar-refractivity contribution is 7.90. The van der Waals surface area contributed by atoms with Gasteiger partial charge in [0, 0.05) is 68.5 Å². The second-order valence-corrected chi connectivity index (χ2v) is 17.5. The number of hydrogen-bond acceptors (Lipinski definition) is 10. The van der Waals surface area contributed by atoms with Gasteiger partial charge in [0.05, 0.1) is 35.6 Å². The fourth-order valence-corrected chi connectivity index (χ4v) is 8.80. The van der Waals surface area contributed by atoms with Crippen LogP contribution in [-0.4, -0.2) is 101 Å². The zero-order valence-corrected chi connectivity index (χ0v) is 33.8. The molecule has 2 N–H and O–H groups in total. The first-order valence-corrected chi connectivity index (χ1v) is 21.8. The highest BCUT2D eigenvalue weighted by atomic mass is 32.2. The highest BCUT2D eigenvalue weighted by Crippen LogP contribution is 2.39. The number of nitrogens with one attached hydrogen (secondary N) is 2. The summed E-state index contributed by atoms with van der Waals surface area (Å²) < 4.78 is 59.7. The zero-order chi connectivity index (χ0) is 41.1. The summed E-state index contributed by atoms with van der Waals surface area (Å²) in [6, 6.07) is 24.4. The molecule has 3 aromatic heterocycles. The van der Waals surface area contributed by atoms with Crippen molar-refractivity contribution in [3.05, 3.63) is 120 Å². The van der Waals surface area contributed by atoms with Crippen molar-refractivity contribution in [3.8, 4) is 28.4 Å². The standard InChI is InChI=1S/C44H46F2N8O4S/c1-58-38-28-30(29-12-15-33(16-13-29)53-23-21-52(22-24-53)25-26-59(2,56)57)14-17-36(38)48-44-47-19-18-37(49-44)42-40(50-39-11-3-4-20-54(39)42)31-7-5-8-32(27-31)43(55)51-41-34(45)9-6-10-35(41)46/h3-11,14,17-20,27-29,33H,12-13,15-16,21-26H2,1-2H3,(H,51,55)(H,47,48,49)/t29-,33-. The number of carbonyl (C=O) groups is 1. The Morgan fingerprint density at radius 2 is 1.64 bits per heavy atom. The molecule has 0 unspecified atom stereocenters. The Hall–Kier alpha value is -5.77. The monoisotopic (exact) mass is 820 g/mol. The Balaban J connectivity index is 0.972. The first kappa shape index (κ1) is 40.0. The molecule has 59 heavy (non-hydrogen) atoms. The van der Waals surface area contributed by atoms with Crippen LogP contribution in [0.25, 0.3) is 28.3 Å². The lowest BCUT2D eigenvalue weighted by atomic mass is 9.81. The maximum absolute atomic E-state index is 14.3. The number of rotatable bonds is 12. The van der Waals surface area contributed by atoms with Gasteiger partial charge in [-0.15, -0.1) is 0 Å². The summed E-state index contributed by atoms with van der Waals surface area (Å²) in [5.74, 6) is -0.738. The molecular weight excluding hydrogens is 775 g/mol. The van der Waals surface area contributed by atoms with Crippen molar-refractivity contribution in [2.45, 2.75) is 37.6 Å². The zero-order valence-electron chi connectivity index (χ0n) is 32.9. The summed E-state index contributed by atoms with van der Waals surface area (Å²) in [6.45, 7) is 4.37. The third-order valence-corrected chi connectivity index (χ3v) is 12.3. The molecule has 0 radical (unpaired) electrons. The number of para-hydroxylation sites is 1. The first-order chi connectivity index (χ1) is 28.5. The minimum Gasteiger partial charge on any atom is -0.495 e. The van der Waals surface area contributed by atoms with E-state index >= 15 is 0 Å². The van der Waals surface area contributed by atoms with Crippen LogP contribution in [0.2, 0.25) is 0 Å². The molecule has 1 aliphatic carbocycles. The van der Waals surface area contributed by atoms with Crippen molar-refractivity contribution in [1.29, 1.82) is 0 Å². The molecule has 306 valence electrons. The van der Waals surface area contributed by atoms with Gasteiger partial charge in [-0.05, 0) is 91.8 Å². The van der Waals surface area contributed by atoms with Crippen LogP contribution in [0.5, 0.6) is 5.75 Å². The van der Waals surface area contributed by atoms with Gasteiger partial charge in [0.2, 0.25) is 5.95 Å². The number of anilines is 3. The van der Waals surface area contributed by atoms with Gasteiger partial charge in [0.1, 0.15) is 38.6 Å². The van der Waals surface area contributed by atoms with Gasteiger partial charge < -0.3 is 15.4 Å². The Morgan fingerprint density at radius 1 is 0.881 bits per heavy atom. The van der Waals surface area contributed by atoms with Gasteiger partial charge in [-0.1, -0.05) is 30.3 Å². The van der Waals surface area contributed by atoms with Crippen molar-refractivity contribution in [1.82, 2.24) is 29.2 Å². The Labute approximate surface area is 342 Å². The van der Waals surface area contributed by atoms with Crippen molar-refractivity contribution >= 4 is 38.7 Å². The molecule has 4 heterocycles. The molecule has 0 bridgehead atoms. The number of nitrogens with zero attached hydrogens (tertiary/aromatic N) is 6. The molecule has 8 rings (SSSR count). The maximum Gasteiger partial charge on any atom is 0.255 e. The first-order valence-electron chi connectivity index (χ1n) is 19.8. The van der Waals surface area contributed by atoms with Crippen LogP contribution in [-0.2, 0) is 9.84 Å². The number of halogens is 2. The van der Waals surface area contributed by atoms with Crippen LogP contribution in [0.1, 0.15) is 47.5 Å². The van der Waals surface area contributed by atoms with Crippen LogP contribution in [0, 0.1) is 11.6 Å². The largest absolute Gasteiger partial charge is 0.495 e. The Morgan fingerprint density at radius 3 is 2.39 bits per heavy atom. The summed E-state index contributed by atoms with van der Waals surface area (Å²) in [7, 11) is -1.30.